The van der Waals surface area contributed by atoms with Crippen LogP contribution >= 0.6 is 0 Å². The molecule has 0 spiro atoms. The van der Waals surface area contributed by atoms with Crippen molar-refractivity contribution >= 4 is 17.3 Å². The number of nitrogens with one attached hydrogen (secondary N) is 1. The summed E-state index contributed by atoms with van der Waals surface area (Å²) in [6.07, 6.45) is -1.65. The van der Waals surface area contributed by atoms with Crippen molar-refractivity contribution in [2.24, 2.45) is 0 Å². The third kappa shape index (κ3) is 6.44. The van der Waals surface area contributed by atoms with Gasteiger partial charge in [0.25, 0.3) is 5.91 Å². The smallest absolute Gasteiger partial charge is 0.395 e. The van der Waals surface area contributed by atoms with Crippen molar-refractivity contribution in [3.05, 3.63) is 71.3 Å². The first kappa shape index (κ1) is 26.1. The Bertz CT molecular complexity index is 1340. The molecule has 3 aromatic rings. The minimum Gasteiger partial charge on any atom is -0.395 e. The monoisotopic (exact) mass is 510 g/mol. The summed E-state index contributed by atoms with van der Waals surface area (Å²) in [5.41, 5.74) is 3.12. The summed E-state index contributed by atoms with van der Waals surface area (Å²) in [4.78, 5) is 22.7. The molecule has 0 bridgehead atoms. The Kier molecular flexibility index (Phi) is 8.06. The minimum absolute atomic E-state index is 0.0350. The van der Waals surface area contributed by atoms with E-state index in [-0.39, 0.29) is 12.2 Å². The van der Waals surface area contributed by atoms with Gasteiger partial charge in [0.2, 0.25) is 0 Å². The second kappa shape index (κ2) is 11.4. The fourth-order valence-electron chi connectivity index (χ4n) is 3.89. The van der Waals surface area contributed by atoms with Crippen LogP contribution in [-0.2, 0) is 10.9 Å². The molecule has 0 atom stereocenters. The largest absolute Gasteiger partial charge is 0.433 e. The van der Waals surface area contributed by atoms with E-state index in [1.54, 1.807) is 18.3 Å². The maximum Gasteiger partial charge on any atom is 0.433 e. The molecule has 0 unspecified atom stereocenters. The number of halogens is 3. The lowest BCUT2D eigenvalue weighted by molar-refractivity contribution is -0.141. The van der Waals surface area contributed by atoms with Crippen LogP contribution in [0.4, 0.5) is 24.5 Å². The number of ether oxygens (including phenoxy) is 1. The van der Waals surface area contributed by atoms with Crippen molar-refractivity contribution < 1.29 is 27.8 Å². The van der Waals surface area contributed by atoms with Crippen LogP contribution in [0.25, 0.3) is 11.1 Å². The highest BCUT2D eigenvalue weighted by Gasteiger charge is 2.33. The topological polar surface area (TPSA) is 87.6 Å². The third-order valence-corrected chi connectivity index (χ3v) is 5.78. The number of aromatic nitrogens is 2. The lowest BCUT2D eigenvalue weighted by Crippen LogP contribution is -2.36. The van der Waals surface area contributed by atoms with Crippen molar-refractivity contribution in [2.45, 2.75) is 19.5 Å². The van der Waals surface area contributed by atoms with E-state index in [4.69, 9.17) is 9.84 Å². The molecule has 1 amide bonds. The van der Waals surface area contributed by atoms with Gasteiger partial charge in [0.15, 0.2) is 0 Å². The fraction of sp³-hybridized carbons (Fsp3) is 0.296. The van der Waals surface area contributed by atoms with Crippen molar-refractivity contribution in [3.8, 4) is 23.0 Å². The van der Waals surface area contributed by atoms with Crippen molar-refractivity contribution in [1.82, 2.24) is 9.97 Å². The van der Waals surface area contributed by atoms with Gasteiger partial charge in [-0.3, -0.25) is 9.78 Å². The van der Waals surface area contributed by atoms with Gasteiger partial charge in [-0.25, -0.2) is 4.98 Å². The molecule has 1 aliphatic rings. The highest BCUT2D eigenvalue weighted by atomic mass is 19.4. The molecule has 0 aliphatic carbocycles. The first-order valence-corrected chi connectivity index (χ1v) is 11.6. The molecular weight excluding hydrogens is 485 g/mol. The van der Waals surface area contributed by atoms with E-state index in [0.29, 0.717) is 44.1 Å². The van der Waals surface area contributed by atoms with Gasteiger partial charge in [-0.1, -0.05) is 12.0 Å². The molecule has 0 radical (unpaired) electrons. The number of benzene rings is 1. The Morgan fingerprint density at radius 2 is 1.95 bits per heavy atom. The highest BCUT2D eigenvalue weighted by molar-refractivity contribution is 6.04. The zero-order valence-corrected chi connectivity index (χ0v) is 20.1. The van der Waals surface area contributed by atoms with Gasteiger partial charge >= 0.3 is 6.18 Å². The van der Waals surface area contributed by atoms with E-state index in [1.165, 1.54) is 6.07 Å². The average Bonchev–Trinajstić information content (AvgIpc) is 2.90. The van der Waals surface area contributed by atoms with Crippen LogP contribution in [0, 0.1) is 18.8 Å². The predicted molar refractivity (Wildman–Crippen MR) is 133 cm³/mol. The number of carbonyl (C=O) groups is 1. The molecular formula is C27H25F3N4O3. The predicted octanol–water partition coefficient (Wildman–Crippen LogP) is 4.29. The number of alkyl halides is 3. The Labute approximate surface area is 212 Å². The third-order valence-electron chi connectivity index (χ3n) is 5.78. The van der Waals surface area contributed by atoms with Crippen molar-refractivity contribution in [3.63, 3.8) is 0 Å². The number of hydrogen-bond acceptors (Lipinski definition) is 6. The van der Waals surface area contributed by atoms with E-state index in [1.807, 2.05) is 19.1 Å². The maximum absolute atomic E-state index is 13.0. The van der Waals surface area contributed by atoms with Gasteiger partial charge in [0, 0.05) is 48.7 Å². The Balaban J connectivity index is 1.64. The summed E-state index contributed by atoms with van der Waals surface area (Å²) in [6.45, 7) is 4.41. The number of aryl methyl sites for hydroxylation is 1. The molecule has 2 aromatic heterocycles. The van der Waals surface area contributed by atoms with Crippen LogP contribution in [-0.4, -0.2) is 53.9 Å². The first-order chi connectivity index (χ1) is 17.8. The van der Waals surface area contributed by atoms with Gasteiger partial charge in [-0.15, -0.1) is 0 Å². The first-order valence-electron chi connectivity index (χ1n) is 11.6. The number of amides is 1. The summed E-state index contributed by atoms with van der Waals surface area (Å²) in [5.74, 6) is 5.27. The van der Waals surface area contributed by atoms with Crippen molar-refractivity contribution in [1.29, 1.82) is 0 Å². The summed E-state index contributed by atoms with van der Waals surface area (Å²) in [5, 5.41) is 11.7. The zero-order valence-electron chi connectivity index (χ0n) is 20.1. The second-order valence-electron chi connectivity index (χ2n) is 8.38. The molecule has 10 heteroatoms. The van der Waals surface area contributed by atoms with Gasteiger partial charge in [-0.05, 0) is 54.3 Å². The van der Waals surface area contributed by atoms with E-state index in [2.05, 4.69) is 32.0 Å². The zero-order chi connectivity index (χ0) is 26.4. The Morgan fingerprint density at radius 3 is 2.68 bits per heavy atom. The molecule has 7 nitrogen and oxygen atoms in total. The molecule has 1 fully saturated rings. The second-order valence-corrected chi connectivity index (χ2v) is 8.38. The van der Waals surface area contributed by atoms with Crippen LogP contribution < -0.4 is 10.2 Å². The molecule has 1 aliphatic heterocycles. The number of aliphatic hydroxyl groups excluding tert-OH is 1. The van der Waals surface area contributed by atoms with E-state index >= 15 is 0 Å². The number of pyridine rings is 2. The molecule has 1 aromatic carbocycles. The summed E-state index contributed by atoms with van der Waals surface area (Å²) >= 11 is 0. The van der Waals surface area contributed by atoms with Gasteiger partial charge in [0.1, 0.15) is 11.4 Å². The fourth-order valence-corrected chi connectivity index (χ4v) is 3.89. The standard InChI is InChI=1S/C27H25F3N4O3/c1-18-5-6-21(33-26(36)19-7-8-31-25(15-19)27(28,29)30)16-22(18)20-14-24(34-9-12-37-13-10-34)23(32-17-20)4-2-3-11-35/h5-8,14-17,35H,3,9-13H2,1H3,(H,33,36). The number of aliphatic hydroxyl groups is 1. The molecule has 2 N–H and O–H groups in total. The summed E-state index contributed by atoms with van der Waals surface area (Å²) in [6, 6.07) is 9.20. The van der Waals surface area contributed by atoms with Gasteiger partial charge in [0.05, 0.1) is 25.5 Å². The quantitative estimate of drug-likeness (QED) is 0.498. The SMILES string of the molecule is Cc1ccc(NC(=O)c2ccnc(C(F)(F)F)c2)cc1-c1cnc(C#CCCO)c(N2CCOCC2)c1. The number of morpholine rings is 1. The van der Waals surface area contributed by atoms with E-state index in [0.717, 1.165) is 34.6 Å². The highest BCUT2D eigenvalue weighted by Crippen LogP contribution is 2.32. The molecule has 3 heterocycles. The van der Waals surface area contributed by atoms with Crippen molar-refractivity contribution in [2.75, 3.05) is 43.1 Å². The number of rotatable bonds is 5. The number of nitrogens with zero attached hydrogens (tertiary/aromatic N) is 3. The van der Waals surface area contributed by atoms with Crippen LogP contribution in [0.2, 0.25) is 0 Å². The Morgan fingerprint density at radius 1 is 1.16 bits per heavy atom. The lowest BCUT2D eigenvalue weighted by atomic mass is 10.00. The van der Waals surface area contributed by atoms with Crippen LogP contribution in [0.15, 0.2) is 48.8 Å². The lowest BCUT2D eigenvalue weighted by Gasteiger charge is -2.29. The number of anilines is 2. The molecule has 1 saturated heterocycles. The summed E-state index contributed by atoms with van der Waals surface area (Å²) < 4.78 is 44.5. The van der Waals surface area contributed by atoms with E-state index in [9.17, 15) is 18.0 Å². The van der Waals surface area contributed by atoms with Gasteiger partial charge in [-0.2, -0.15) is 13.2 Å². The normalized spacial score (nSPS) is 13.6. The van der Waals surface area contributed by atoms with Crippen LogP contribution in [0.3, 0.4) is 0 Å². The van der Waals surface area contributed by atoms with Gasteiger partial charge < -0.3 is 20.1 Å². The minimum atomic E-state index is -4.65. The number of hydrogen-bond donors (Lipinski definition) is 2. The van der Waals surface area contributed by atoms with E-state index < -0.39 is 17.8 Å². The maximum atomic E-state index is 13.0. The summed E-state index contributed by atoms with van der Waals surface area (Å²) in [7, 11) is 0. The molecule has 192 valence electrons. The van der Waals surface area contributed by atoms with Crippen LogP contribution in [0.1, 0.15) is 33.7 Å². The molecule has 37 heavy (non-hydrogen) atoms. The average molecular weight is 511 g/mol. The van der Waals surface area contributed by atoms with Crippen LogP contribution in [0.5, 0.6) is 0 Å². The molecule has 0 saturated carbocycles. The Hall–Kier alpha value is -3.94. The number of carbonyl (C=O) groups excluding carboxylic acids is 1. The molecule has 4 rings (SSSR count).